The second kappa shape index (κ2) is 5.75. The number of aromatic nitrogens is 5. The summed E-state index contributed by atoms with van der Waals surface area (Å²) in [7, 11) is 1.98. The molecule has 0 unspecified atom stereocenters. The van der Waals surface area contributed by atoms with Gasteiger partial charge in [0, 0.05) is 18.9 Å². The van der Waals surface area contributed by atoms with Gasteiger partial charge < -0.3 is 9.88 Å². The van der Waals surface area contributed by atoms with E-state index in [9.17, 15) is 0 Å². The van der Waals surface area contributed by atoms with Gasteiger partial charge in [-0.3, -0.25) is 0 Å². The van der Waals surface area contributed by atoms with Gasteiger partial charge in [-0.25, -0.2) is 0 Å². The number of hydrogen-bond donors (Lipinski definition) is 1. The van der Waals surface area contributed by atoms with Crippen LogP contribution in [0.1, 0.15) is 5.69 Å². The van der Waals surface area contributed by atoms with Crippen molar-refractivity contribution in [2.45, 2.75) is 6.54 Å². The minimum Gasteiger partial charge on any atom is -0.353 e. The van der Waals surface area contributed by atoms with Crippen LogP contribution in [0.25, 0.3) is 5.69 Å². The van der Waals surface area contributed by atoms with Gasteiger partial charge in [0.15, 0.2) is 0 Å². The molecule has 0 atom stereocenters. The van der Waals surface area contributed by atoms with E-state index in [0.717, 1.165) is 5.69 Å². The molecule has 0 radical (unpaired) electrons. The fourth-order valence-electron chi connectivity index (χ4n) is 1.97. The Morgan fingerprint density at radius 1 is 1.19 bits per heavy atom. The fourth-order valence-corrected chi connectivity index (χ4v) is 2.34. The van der Waals surface area contributed by atoms with Gasteiger partial charge in [0.2, 0.25) is 5.95 Å². The highest BCUT2D eigenvalue weighted by atomic mass is 35.5. The van der Waals surface area contributed by atoms with Gasteiger partial charge in [0.05, 0.1) is 22.3 Å². The summed E-state index contributed by atoms with van der Waals surface area (Å²) in [5.74, 6) is 0.500. The molecule has 0 fully saturated rings. The van der Waals surface area contributed by atoms with Gasteiger partial charge in [0.1, 0.15) is 0 Å². The highest BCUT2D eigenvalue weighted by Gasteiger charge is 2.13. The van der Waals surface area contributed by atoms with E-state index >= 15 is 0 Å². The van der Waals surface area contributed by atoms with E-state index < -0.39 is 0 Å². The van der Waals surface area contributed by atoms with Crippen LogP contribution in [0.4, 0.5) is 5.95 Å². The Labute approximate surface area is 131 Å². The van der Waals surface area contributed by atoms with E-state index in [4.69, 9.17) is 23.2 Å². The van der Waals surface area contributed by atoms with Crippen LogP contribution in [0.15, 0.2) is 36.5 Å². The summed E-state index contributed by atoms with van der Waals surface area (Å²) < 4.78 is 3.55. The molecule has 0 saturated carbocycles. The topological polar surface area (TPSA) is 60.6 Å². The second-order valence-corrected chi connectivity index (χ2v) is 5.24. The molecule has 0 amide bonds. The Hall–Kier alpha value is -2.05. The van der Waals surface area contributed by atoms with Crippen LogP contribution in [0.2, 0.25) is 10.0 Å². The van der Waals surface area contributed by atoms with Crippen LogP contribution < -0.4 is 5.32 Å². The average molecular weight is 323 g/mol. The van der Waals surface area contributed by atoms with Crippen LogP contribution in [0.3, 0.4) is 0 Å². The molecule has 1 aromatic carbocycles. The Morgan fingerprint density at radius 2 is 2.05 bits per heavy atom. The summed E-state index contributed by atoms with van der Waals surface area (Å²) in [6, 6.07) is 9.32. The molecule has 3 aromatic rings. The van der Waals surface area contributed by atoms with Crippen LogP contribution in [-0.4, -0.2) is 24.8 Å². The lowest BCUT2D eigenvalue weighted by atomic mass is 10.3. The van der Waals surface area contributed by atoms with Gasteiger partial charge in [-0.15, -0.1) is 0 Å². The lowest BCUT2D eigenvalue weighted by Crippen LogP contribution is -2.09. The summed E-state index contributed by atoms with van der Waals surface area (Å²) in [6.07, 6.45) is 1.98. The number of anilines is 1. The second-order valence-electron chi connectivity index (χ2n) is 4.45. The third-order valence-corrected chi connectivity index (χ3v) is 3.92. The number of tetrazole rings is 1. The van der Waals surface area contributed by atoms with Crippen LogP contribution >= 0.6 is 23.2 Å². The van der Waals surface area contributed by atoms with Crippen molar-refractivity contribution in [2.24, 2.45) is 7.05 Å². The van der Waals surface area contributed by atoms with Crippen LogP contribution in [0, 0.1) is 0 Å². The number of nitrogens with zero attached hydrogens (tertiary/aromatic N) is 5. The van der Waals surface area contributed by atoms with E-state index in [1.165, 1.54) is 4.68 Å². The highest BCUT2D eigenvalue weighted by molar-refractivity contribution is 6.43. The van der Waals surface area contributed by atoms with Crippen molar-refractivity contribution in [1.82, 2.24) is 24.8 Å². The molecule has 0 saturated heterocycles. The van der Waals surface area contributed by atoms with Crippen LogP contribution in [-0.2, 0) is 13.6 Å². The maximum Gasteiger partial charge on any atom is 0.248 e. The summed E-state index contributed by atoms with van der Waals surface area (Å²) in [6.45, 7) is 0.599. The number of nitrogens with one attached hydrogen (secondary N) is 1. The monoisotopic (exact) mass is 322 g/mol. The molecule has 0 bridgehead atoms. The summed E-state index contributed by atoms with van der Waals surface area (Å²) >= 11 is 12.2. The molecule has 0 aliphatic heterocycles. The first-order valence-corrected chi connectivity index (χ1v) is 6.99. The Morgan fingerprint density at radius 3 is 2.81 bits per heavy atom. The van der Waals surface area contributed by atoms with Crippen molar-refractivity contribution in [3.8, 4) is 5.69 Å². The van der Waals surface area contributed by atoms with Crippen molar-refractivity contribution in [3.05, 3.63) is 52.3 Å². The number of hydrogen-bond acceptors (Lipinski definition) is 4. The number of halogens is 2. The molecule has 1 N–H and O–H groups in total. The molecule has 21 heavy (non-hydrogen) atoms. The minimum atomic E-state index is 0.411. The van der Waals surface area contributed by atoms with Crippen molar-refractivity contribution >= 4 is 29.2 Å². The minimum absolute atomic E-state index is 0.411. The fraction of sp³-hybridized carbons (Fsp3) is 0.154. The third-order valence-electron chi connectivity index (χ3n) is 3.11. The van der Waals surface area contributed by atoms with Gasteiger partial charge in [-0.1, -0.05) is 34.4 Å². The van der Waals surface area contributed by atoms with Gasteiger partial charge in [0.25, 0.3) is 0 Å². The highest BCUT2D eigenvalue weighted by Crippen LogP contribution is 2.29. The molecule has 108 valence electrons. The molecule has 0 aliphatic carbocycles. The lowest BCUT2D eigenvalue weighted by Gasteiger charge is -2.09. The average Bonchev–Trinajstić information content (AvgIpc) is 3.08. The van der Waals surface area contributed by atoms with E-state index in [-0.39, 0.29) is 0 Å². The third kappa shape index (κ3) is 2.72. The molecule has 2 aromatic heterocycles. The van der Waals surface area contributed by atoms with E-state index in [1.807, 2.05) is 29.9 Å². The number of benzene rings is 1. The van der Waals surface area contributed by atoms with Gasteiger partial charge in [-0.05, 0) is 34.7 Å². The summed E-state index contributed by atoms with van der Waals surface area (Å²) in [5.41, 5.74) is 1.74. The zero-order valence-corrected chi connectivity index (χ0v) is 12.7. The molecule has 2 heterocycles. The van der Waals surface area contributed by atoms with Crippen molar-refractivity contribution in [3.63, 3.8) is 0 Å². The van der Waals surface area contributed by atoms with Gasteiger partial charge >= 0.3 is 0 Å². The first kappa shape index (κ1) is 13.9. The SMILES string of the molecule is Cn1cccc1CNc1nnnn1-c1cccc(Cl)c1Cl. The normalized spacial score (nSPS) is 10.8. The molecule has 8 heteroatoms. The maximum absolute atomic E-state index is 6.20. The van der Waals surface area contributed by atoms with E-state index in [0.29, 0.717) is 28.2 Å². The zero-order valence-electron chi connectivity index (χ0n) is 11.2. The smallest absolute Gasteiger partial charge is 0.248 e. The van der Waals surface area contributed by atoms with E-state index in [1.54, 1.807) is 18.2 Å². The van der Waals surface area contributed by atoms with Crippen molar-refractivity contribution < 1.29 is 0 Å². The number of aryl methyl sites for hydroxylation is 1. The standard InChI is InChI=1S/C13H12Cl2N6/c1-20-7-3-4-9(20)8-16-13-17-18-19-21(13)11-6-2-5-10(14)12(11)15/h2-7H,8H2,1H3,(H,16,17,19). The predicted molar refractivity (Wildman–Crippen MR) is 81.9 cm³/mol. The molecule has 6 nitrogen and oxygen atoms in total. The Bertz CT molecular complexity index is 764. The largest absolute Gasteiger partial charge is 0.353 e. The Balaban J connectivity index is 1.87. The lowest BCUT2D eigenvalue weighted by molar-refractivity contribution is 0.786. The van der Waals surface area contributed by atoms with Crippen LogP contribution in [0.5, 0.6) is 0 Å². The molecule has 0 spiro atoms. The number of rotatable bonds is 4. The quantitative estimate of drug-likeness (QED) is 0.802. The molecule has 3 rings (SSSR count). The molecular formula is C13H12Cl2N6. The first-order valence-electron chi connectivity index (χ1n) is 6.23. The summed E-state index contributed by atoms with van der Waals surface area (Å²) in [5, 5.41) is 15.7. The maximum atomic E-state index is 6.20. The summed E-state index contributed by atoms with van der Waals surface area (Å²) in [4.78, 5) is 0. The predicted octanol–water partition coefficient (Wildman–Crippen LogP) is 2.92. The Kier molecular flexibility index (Phi) is 3.81. The molecular weight excluding hydrogens is 311 g/mol. The zero-order chi connectivity index (χ0) is 14.8. The van der Waals surface area contributed by atoms with Crippen molar-refractivity contribution in [2.75, 3.05) is 5.32 Å². The van der Waals surface area contributed by atoms with Crippen molar-refractivity contribution in [1.29, 1.82) is 0 Å². The van der Waals surface area contributed by atoms with Gasteiger partial charge in [-0.2, -0.15) is 4.68 Å². The van der Waals surface area contributed by atoms with E-state index in [2.05, 4.69) is 20.8 Å². The first-order chi connectivity index (χ1) is 10.2. The molecule has 0 aliphatic rings.